The van der Waals surface area contributed by atoms with Gasteiger partial charge in [0.25, 0.3) is 0 Å². The van der Waals surface area contributed by atoms with Crippen LogP contribution in [0.3, 0.4) is 0 Å². The molecule has 112 valence electrons. The minimum atomic E-state index is -0.382. The third kappa shape index (κ3) is 7.79. The molecule has 4 N–H and O–H groups in total. The zero-order chi connectivity index (χ0) is 14.8. The molecule has 0 radical (unpaired) electrons. The first kappa shape index (κ1) is 17.9. The molecule has 0 rings (SSSR count). The number of likely N-dealkylation sites (N-methyl/N-ethyl adjacent to an activating group) is 1. The van der Waals surface area contributed by atoms with Crippen LogP contribution >= 0.6 is 0 Å². The maximum atomic E-state index is 12.0. The molecule has 6 heteroatoms. The molecule has 0 saturated heterocycles. The Balaban J connectivity index is 4.27. The lowest BCUT2D eigenvalue weighted by Gasteiger charge is -2.22. The van der Waals surface area contributed by atoms with Crippen molar-refractivity contribution in [3.05, 3.63) is 0 Å². The van der Waals surface area contributed by atoms with E-state index >= 15 is 0 Å². The second kappa shape index (κ2) is 9.75. The number of carbonyl (C=O) groups excluding carboxylic acids is 2. The maximum Gasteiger partial charge on any atom is 0.237 e. The Morgan fingerprint density at radius 1 is 1.21 bits per heavy atom. The Morgan fingerprint density at radius 3 is 2.26 bits per heavy atom. The van der Waals surface area contributed by atoms with Crippen molar-refractivity contribution in [1.82, 2.24) is 16.0 Å². The Labute approximate surface area is 115 Å². The molecule has 0 spiro atoms. The van der Waals surface area contributed by atoms with Gasteiger partial charge in [-0.05, 0) is 25.8 Å². The van der Waals surface area contributed by atoms with Gasteiger partial charge in [0.1, 0.15) is 0 Å². The lowest BCUT2D eigenvalue weighted by molar-refractivity contribution is -0.125. The number of rotatable bonds is 9. The quantitative estimate of drug-likeness (QED) is 0.461. The Morgan fingerprint density at radius 2 is 1.84 bits per heavy atom. The fourth-order valence-corrected chi connectivity index (χ4v) is 1.77. The van der Waals surface area contributed by atoms with Gasteiger partial charge in [0.05, 0.1) is 18.7 Å². The van der Waals surface area contributed by atoms with E-state index in [0.717, 1.165) is 6.42 Å². The predicted molar refractivity (Wildman–Crippen MR) is 74.6 cm³/mol. The molecule has 0 fully saturated rings. The fourth-order valence-electron chi connectivity index (χ4n) is 1.77. The monoisotopic (exact) mass is 273 g/mol. The summed E-state index contributed by atoms with van der Waals surface area (Å²) in [5, 5.41) is 17.5. The minimum absolute atomic E-state index is 0.0972. The van der Waals surface area contributed by atoms with E-state index in [1.54, 1.807) is 14.1 Å². The van der Waals surface area contributed by atoms with Crippen LogP contribution in [0.2, 0.25) is 0 Å². The van der Waals surface area contributed by atoms with Crippen LogP contribution in [0.1, 0.15) is 33.1 Å². The summed E-state index contributed by atoms with van der Waals surface area (Å²) in [4.78, 5) is 23.1. The number of carbonyl (C=O) groups is 2. The highest BCUT2D eigenvalue weighted by atomic mass is 16.3. The molecule has 0 aliphatic carbocycles. The maximum absolute atomic E-state index is 12.0. The van der Waals surface area contributed by atoms with Crippen LogP contribution in [0.4, 0.5) is 0 Å². The Bertz CT molecular complexity index is 282. The lowest BCUT2D eigenvalue weighted by Crippen LogP contribution is -2.48. The fraction of sp³-hybridized carbons (Fsp3) is 0.846. The lowest BCUT2D eigenvalue weighted by atomic mass is 10.0. The molecule has 0 bridgehead atoms. The normalized spacial score (nSPS) is 14.0. The summed E-state index contributed by atoms with van der Waals surface area (Å²) in [6.45, 7) is 3.93. The SMILES string of the molecule is CNC(=O)CC[C@@H](CO)NC(=O)[C@H](CC(C)C)NC. The molecular formula is C13H27N3O3. The average molecular weight is 273 g/mol. The molecule has 0 heterocycles. The van der Waals surface area contributed by atoms with E-state index < -0.39 is 0 Å². The zero-order valence-corrected chi connectivity index (χ0v) is 12.3. The largest absolute Gasteiger partial charge is 0.394 e. The summed E-state index contributed by atoms with van der Waals surface area (Å²) in [5.41, 5.74) is 0. The number of aliphatic hydroxyl groups is 1. The van der Waals surface area contributed by atoms with Crippen molar-refractivity contribution in [2.75, 3.05) is 20.7 Å². The van der Waals surface area contributed by atoms with Gasteiger partial charge in [0.2, 0.25) is 11.8 Å². The summed E-state index contributed by atoms with van der Waals surface area (Å²) < 4.78 is 0. The second-order valence-electron chi connectivity index (χ2n) is 5.07. The van der Waals surface area contributed by atoms with E-state index in [2.05, 4.69) is 16.0 Å². The molecule has 0 aliphatic rings. The third-order valence-electron chi connectivity index (χ3n) is 2.94. The first-order valence-electron chi connectivity index (χ1n) is 6.73. The highest BCUT2D eigenvalue weighted by molar-refractivity contribution is 5.82. The first-order chi connectivity index (χ1) is 8.94. The predicted octanol–water partition coefficient (Wildman–Crippen LogP) is -0.376. The molecule has 0 saturated carbocycles. The van der Waals surface area contributed by atoms with Crippen LogP contribution in [-0.4, -0.2) is 49.7 Å². The number of nitrogens with one attached hydrogen (secondary N) is 3. The van der Waals surface area contributed by atoms with Crippen LogP contribution < -0.4 is 16.0 Å². The highest BCUT2D eigenvalue weighted by Crippen LogP contribution is 2.05. The number of aliphatic hydroxyl groups excluding tert-OH is 1. The number of hydrogen-bond donors (Lipinski definition) is 4. The van der Waals surface area contributed by atoms with Crippen LogP contribution in [0, 0.1) is 5.92 Å². The van der Waals surface area contributed by atoms with Crippen LogP contribution in [0.5, 0.6) is 0 Å². The molecule has 6 nitrogen and oxygen atoms in total. The molecular weight excluding hydrogens is 246 g/mol. The van der Waals surface area contributed by atoms with E-state index in [1.807, 2.05) is 13.8 Å². The molecule has 19 heavy (non-hydrogen) atoms. The smallest absolute Gasteiger partial charge is 0.237 e. The van der Waals surface area contributed by atoms with Crippen molar-refractivity contribution in [1.29, 1.82) is 0 Å². The van der Waals surface area contributed by atoms with Gasteiger partial charge in [0.15, 0.2) is 0 Å². The van der Waals surface area contributed by atoms with Crippen LogP contribution in [0.25, 0.3) is 0 Å². The first-order valence-corrected chi connectivity index (χ1v) is 6.73. The minimum Gasteiger partial charge on any atom is -0.394 e. The topological polar surface area (TPSA) is 90.5 Å². The van der Waals surface area contributed by atoms with E-state index in [0.29, 0.717) is 12.3 Å². The standard InChI is InChI=1S/C13H27N3O3/c1-9(2)7-11(14-3)13(19)16-10(8-17)5-6-12(18)15-4/h9-11,14,17H,5-8H2,1-4H3,(H,15,18)(H,16,19)/t10-,11-/m0/s1. The van der Waals surface area contributed by atoms with Gasteiger partial charge >= 0.3 is 0 Å². The Hall–Kier alpha value is -1.14. The van der Waals surface area contributed by atoms with E-state index in [4.69, 9.17) is 0 Å². The molecule has 2 atom stereocenters. The third-order valence-corrected chi connectivity index (χ3v) is 2.94. The molecule has 0 unspecified atom stereocenters. The van der Waals surface area contributed by atoms with Gasteiger partial charge in [-0.2, -0.15) is 0 Å². The van der Waals surface area contributed by atoms with Gasteiger partial charge in [-0.15, -0.1) is 0 Å². The highest BCUT2D eigenvalue weighted by Gasteiger charge is 2.20. The molecule has 0 aromatic carbocycles. The summed E-state index contributed by atoms with van der Waals surface area (Å²) in [6.07, 6.45) is 1.45. The van der Waals surface area contributed by atoms with Crippen LogP contribution in [0.15, 0.2) is 0 Å². The number of hydrogen-bond acceptors (Lipinski definition) is 4. The van der Waals surface area contributed by atoms with E-state index in [1.165, 1.54) is 0 Å². The summed E-state index contributed by atoms with van der Waals surface area (Å²) in [6, 6.07) is -0.651. The average Bonchev–Trinajstić information content (AvgIpc) is 2.39. The molecule has 0 aromatic heterocycles. The summed E-state index contributed by atoms with van der Waals surface area (Å²) in [5.74, 6) is 0.175. The van der Waals surface area contributed by atoms with Gasteiger partial charge < -0.3 is 21.1 Å². The second-order valence-corrected chi connectivity index (χ2v) is 5.07. The van der Waals surface area contributed by atoms with E-state index in [-0.39, 0.29) is 36.9 Å². The molecule has 0 aromatic rings. The van der Waals surface area contributed by atoms with Crippen molar-refractivity contribution in [2.45, 2.75) is 45.2 Å². The van der Waals surface area contributed by atoms with Gasteiger partial charge in [-0.3, -0.25) is 9.59 Å². The van der Waals surface area contributed by atoms with Gasteiger partial charge in [-0.25, -0.2) is 0 Å². The van der Waals surface area contributed by atoms with Crippen molar-refractivity contribution in [2.24, 2.45) is 5.92 Å². The molecule has 2 amide bonds. The summed E-state index contributed by atoms with van der Waals surface area (Å²) in [7, 11) is 3.31. The van der Waals surface area contributed by atoms with Crippen molar-refractivity contribution < 1.29 is 14.7 Å². The van der Waals surface area contributed by atoms with Crippen molar-refractivity contribution >= 4 is 11.8 Å². The van der Waals surface area contributed by atoms with Gasteiger partial charge in [0, 0.05) is 13.5 Å². The summed E-state index contributed by atoms with van der Waals surface area (Å²) >= 11 is 0. The molecule has 0 aliphatic heterocycles. The Kier molecular flexibility index (Phi) is 9.16. The van der Waals surface area contributed by atoms with Gasteiger partial charge in [-0.1, -0.05) is 13.8 Å². The van der Waals surface area contributed by atoms with Crippen molar-refractivity contribution in [3.8, 4) is 0 Å². The van der Waals surface area contributed by atoms with Crippen molar-refractivity contribution in [3.63, 3.8) is 0 Å². The van der Waals surface area contributed by atoms with E-state index in [9.17, 15) is 14.7 Å². The van der Waals surface area contributed by atoms with Crippen LogP contribution in [-0.2, 0) is 9.59 Å². The number of amides is 2. The zero-order valence-electron chi connectivity index (χ0n) is 12.3.